The van der Waals surface area contributed by atoms with E-state index in [1.807, 2.05) is 30.3 Å². The van der Waals surface area contributed by atoms with E-state index >= 15 is 0 Å². The molecule has 0 amide bonds. The molecule has 0 unspecified atom stereocenters. The number of anilines is 1. The zero-order chi connectivity index (χ0) is 20.7. The molecule has 0 aliphatic heterocycles. The average molecular weight is 469 g/mol. The van der Waals surface area contributed by atoms with Crippen LogP contribution in [0, 0.1) is 11.3 Å². The minimum Gasteiger partial charge on any atom is -0.488 e. The van der Waals surface area contributed by atoms with Crippen molar-refractivity contribution in [1.29, 1.82) is 5.26 Å². The minimum absolute atomic E-state index is 0.331. The maximum Gasteiger partial charge on any atom is 0.272 e. The summed E-state index contributed by atoms with van der Waals surface area (Å²) in [5.41, 5.74) is 1.85. The largest absolute Gasteiger partial charge is 0.488 e. The summed E-state index contributed by atoms with van der Waals surface area (Å²) in [6.07, 6.45) is 1.31. The summed E-state index contributed by atoms with van der Waals surface area (Å²) in [6, 6.07) is 25.0. The fraction of sp³-hybridized carbons (Fsp3) is 0.0455. The lowest BCUT2D eigenvalue weighted by atomic mass is 10.2. The van der Waals surface area contributed by atoms with Gasteiger partial charge >= 0.3 is 0 Å². The third kappa shape index (κ3) is 5.70. The Morgan fingerprint density at radius 1 is 1.00 bits per heavy atom. The Morgan fingerprint density at radius 3 is 2.34 bits per heavy atom. The van der Waals surface area contributed by atoms with Crippen molar-refractivity contribution in [3.05, 3.63) is 99.4 Å². The lowest BCUT2D eigenvalue weighted by Gasteiger charge is -2.11. The van der Waals surface area contributed by atoms with Gasteiger partial charge in [-0.05, 0) is 42.0 Å². The number of sulfonamides is 1. The molecule has 0 fully saturated rings. The average Bonchev–Trinajstić information content (AvgIpc) is 2.73. The normalized spacial score (nSPS) is 11.5. The lowest BCUT2D eigenvalue weighted by molar-refractivity contribution is 0.305. The van der Waals surface area contributed by atoms with Crippen LogP contribution in [0.5, 0.6) is 5.75 Å². The second kappa shape index (κ2) is 9.41. The van der Waals surface area contributed by atoms with E-state index in [-0.39, 0.29) is 0 Å². The molecule has 3 rings (SSSR count). The molecule has 0 aromatic heterocycles. The first kappa shape index (κ1) is 20.6. The van der Waals surface area contributed by atoms with Crippen LogP contribution >= 0.6 is 15.9 Å². The van der Waals surface area contributed by atoms with Gasteiger partial charge in [0.2, 0.25) is 0 Å². The van der Waals surface area contributed by atoms with Crippen molar-refractivity contribution in [3.63, 3.8) is 0 Å². The topological polar surface area (TPSA) is 79.2 Å². The van der Waals surface area contributed by atoms with E-state index in [9.17, 15) is 13.7 Å². The van der Waals surface area contributed by atoms with Gasteiger partial charge in [0.15, 0.2) is 4.91 Å². The van der Waals surface area contributed by atoms with Gasteiger partial charge in [0, 0.05) is 15.7 Å². The van der Waals surface area contributed by atoms with Crippen molar-refractivity contribution in [1.82, 2.24) is 0 Å². The maximum atomic E-state index is 12.7. The second-order valence-electron chi connectivity index (χ2n) is 6.04. The van der Waals surface area contributed by atoms with Crippen LogP contribution in [0.3, 0.4) is 0 Å². The van der Waals surface area contributed by atoms with Crippen LogP contribution in [-0.4, -0.2) is 8.42 Å². The Hall–Kier alpha value is -3.08. The van der Waals surface area contributed by atoms with Crippen molar-refractivity contribution in [3.8, 4) is 11.8 Å². The summed E-state index contributed by atoms with van der Waals surface area (Å²) >= 11 is 3.30. The smallest absolute Gasteiger partial charge is 0.272 e. The molecule has 0 radical (unpaired) electrons. The van der Waals surface area contributed by atoms with Gasteiger partial charge in [0.1, 0.15) is 18.4 Å². The summed E-state index contributed by atoms with van der Waals surface area (Å²) in [7, 11) is -4.04. The molecule has 0 heterocycles. The molecule has 7 heteroatoms. The van der Waals surface area contributed by atoms with Gasteiger partial charge in [-0.25, -0.2) is 8.42 Å². The van der Waals surface area contributed by atoms with E-state index in [1.165, 1.54) is 6.08 Å². The highest BCUT2D eigenvalue weighted by Crippen LogP contribution is 2.25. The molecule has 0 bridgehead atoms. The van der Waals surface area contributed by atoms with E-state index < -0.39 is 14.9 Å². The molecule has 0 aliphatic carbocycles. The van der Waals surface area contributed by atoms with Gasteiger partial charge in [-0.2, -0.15) is 5.26 Å². The predicted octanol–water partition coefficient (Wildman–Crippen LogP) is 5.33. The van der Waals surface area contributed by atoms with E-state index in [2.05, 4.69) is 20.7 Å². The van der Waals surface area contributed by atoms with E-state index in [0.717, 1.165) is 10.0 Å². The van der Waals surface area contributed by atoms with Crippen LogP contribution in [0.2, 0.25) is 0 Å². The molecule has 0 spiro atoms. The number of rotatable bonds is 7. The highest BCUT2D eigenvalue weighted by molar-refractivity contribution is 9.10. The highest BCUT2D eigenvalue weighted by Gasteiger charge is 2.18. The molecule has 0 aliphatic rings. The minimum atomic E-state index is -4.04. The van der Waals surface area contributed by atoms with Crippen molar-refractivity contribution in [2.24, 2.45) is 0 Å². The lowest BCUT2D eigenvalue weighted by Crippen LogP contribution is -2.14. The van der Waals surface area contributed by atoms with E-state index in [4.69, 9.17) is 4.74 Å². The van der Waals surface area contributed by atoms with Gasteiger partial charge in [-0.3, -0.25) is 4.72 Å². The Labute approximate surface area is 178 Å². The monoisotopic (exact) mass is 468 g/mol. The van der Waals surface area contributed by atoms with E-state index in [1.54, 1.807) is 54.6 Å². The van der Waals surface area contributed by atoms with Crippen molar-refractivity contribution in [2.45, 2.75) is 6.61 Å². The Bertz CT molecular complexity index is 1150. The van der Waals surface area contributed by atoms with Gasteiger partial charge in [0.05, 0.1) is 0 Å². The first-order chi connectivity index (χ1) is 14.0. The SMILES string of the molecule is N#C/C(=C/c1ccccc1OCc1ccccc1)S(=O)(=O)Nc1ccc(Br)cc1. The van der Waals surface area contributed by atoms with E-state index in [0.29, 0.717) is 23.6 Å². The number of halogens is 1. The van der Waals surface area contributed by atoms with Crippen molar-refractivity contribution >= 4 is 37.7 Å². The number of nitriles is 1. The maximum absolute atomic E-state index is 12.7. The Balaban J connectivity index is 1.85. The number of allylic oxidation sites excluding steroid dienone is 1. The second-order valence-corrected chi connectivity index (χ2v) is 8.61. The van der Waals surface area contributed by atoms with Crippen LogP contribution < -0.4 is 9.46 Å². The van der Waals surface area contributed by atoms with Crippen LogP contribution in [0.1, 0.15) is 11.1 Å². The Morgan fingerprint density at radius 2 is 1.66 bits per heavy atom. The molecular formula is C22H17BrN2O3S. The number of hydrogen-bond donors (Lipinski definition) is 1. The molecule has 3 aromatic carbocycles. The summed E-state index contributed by atoms with van der Waals surface area (Å²) in [5.74, 6) is 0.489. The summed E-state index contributed by atoms with van der Waals surface area (Å²) in [5, 5.41) is 9.46. The first-order valence-corrected chi connectivity index (χ1v) is 10.9. The van der Waals surface area contributed by atoms with Crippen molar-refractivity contribution in [2.75, 3.05) is 4.72 Å². The number of ether oxygens (including phenoxy) is 1. The summed E-state index contributed by atoms with van der Waals surface area (Å²) < 4.78 is 34.4. The molecule has 29 heavy (non-hydrogen) atoms. The number of hydrogen-bond acceptors (Lipinski definition) is 4. The number of nitrogens with one attached hydrogen (secondary N) is 1. The molecule has 0 atom stereocenters. The van der Waals surface area contributed by atoms with Gasteiger partial charge in [0.25, 0.3) is 10.0 Å². The molecular weight excluding hydrogens is 452 g/mol. The van der Waals surface area contributed by atoms with Gasteiger partial charge < -0.3 is 4.74 Å². The van der Waals surface area contributed by atoms with Crippen LogP contribution in [0.4, 0.5) is 5.69 Å². The first-order valence-electron chi connectivity index (χ1n) is 8.64. The third-order valence-electron chi connectivity index (χ3n) is 3.94. The van der Waals surface area contributed by atoms with Gasteiger partial charge in [-0.15, -0.1) is 0 Å². The van der Waals surface area contributed by atoms with Gasteiger partial charge in [-0.1, -0.05) is 64.5 Å². The zero-order valence-corrected chi connectivity index (χ0v) is 17.7. The molecule has 5 nitrogen and oxygen atoms in total. The molecule has 0 saturated carbocycles. The van der Waals surface area contributed by atoms with Crippen molar-refractivity contribution < 1.29 is 13.2 Å². The summed E-state index contributed by atoms with van der Waals surface area (Å²) in [4.78, 5) is -0.406. The molecule has 146 valence electrons. The number of para-hydroxylation sites is 1. The number of benzene rings is 3. The molecule has 3 aromatic rings. The third-order valence-corrected chi connectivity index (χ3v) is 5.76. The summed E-state index contributed by atoms with van der Waals surface area (Å²) in [6.45, 7) is 0.331. The molecule has 0 saturated heterocycles. The molecule has 1 N–H and O–H groups in total. The fourth-order valence-electron chi connectivity index (χ4n) is 2.51. The van der Waals surface area contributed by atoms with Crippen LogP contribution in [0.25, 0.3) is 6.08 Å². The standard InChI is InChI=1S/C22H17BrN2O3S/c23-19-10-12-20(13-11-19)25-29(26,27)21(15-24)14-18-8-4-5-9-22(18)28-16-17-6-2-1-3-7-17/h1-14,25H,16H2/b21-14-. The number of nitrogens with zero attached hydrogens (tertiary/aromatic N) is 1. The zero-order valence-electron chi connectivity index (χ0n) is 15.2. The Kier molecular flexibility index (Phi) is 6.70. The quantitative estimate of drug-likeness (QED) is 0.474. The van der Waals surface area contributed by atoms with Crippen LogP contribution in [0.15, 0.2) is 88.2 Å². The highest BCUT2D eigenvalue weighted by atomic mass is 79.9. The van der Waals surface area contributed by atoms with Crippen LogP contribution in [-0.2, 0) is 16.6 Å². The fourth-order valence-corrected chi connectivity index (χ4v) is 3.73. The predicted molar refractivity (Wildman–Crippen MR) is 117 cm³/mol.